The zero-order valence-corrected chi connectivity index (χ0v) is 10.8. The summed E-state index contributed by atoms with van der Waals surface area (Å²) in [7, 11) is 0. The molecule has 1 rings (SSSR count). The van der Waals surface area contributed by atoms with Crippen molar-refractivity contribution in [3.05, 3.63) is 0 Å². The Hall–Kier alpha value is -0.470. The Labute approximate surface area is 101 Å². The molecule has 0 spiro atoms. The van der Waals surface area contributed by atoms with Gasteiger partial charge in [-0.1, -0.05) is 46.9 Å². The van der Waals surface area contributed by atoms with E-state index in [0.29, 0.717) is 6.42 Å². The molecule has 1 aromatic heterocycles. The maximum Gasteiger partial charge on any atom is 0.175 e. The summed E-state index contributed by atoms with van der Waals surface area (Å²) in [5, 5.41) is 19.6. The number of nitrogens with two attached hydrogens (primary N) is 1. The monoisotopic (exact) mass is 264 g/mol. The van der Waals surface area contributed by atoms with E-state index in [0.717, 1.165) is 8.68 Å². The fourth-order valence-corrected chi connectivity index (χ4v) is 3.65. The van der Waals surface area contributed by atoms with Crippen molar-refractivity contribution in [2.75, 3.05) is 6.26 Å². The summed E-state index contributed by atoms with van der Waals surface area (Å²) in [5.41, 5.74) is 5.41. The lowest BCUT2D eigenvalue weighted by Crippen LogP contribution is -2.16. The molecule has 0 saturated heterocycles. The Morgan fingerprint density at radius 2 is 2.27 bits per heavy atom. The lowest BCUT2D eigenvalue weighted by molar-refractivity contribution is 0.317. The number of aromatic nitrogens is 2. The summed E-state index contributed by atoms with van der Waals surface area (Å²) in [6.45, 7) is 2.00. The Balaban J connectivity index is 2.47. The molecule has 5 nitrogen and oxygen atoms in total. The average Bonchev–Trinajstić information content (AvgIpc) is 2.65. The predicted octanol–water partition coefficient (Wildman–Crippen LogP) is 1.88. The number of nitrogens with zero attached hydrogens (tertiary/aromatic N) is 3. The third-order valence-electron chi connectivity index (χ3n) is 1.49. The molecule has 0 aromatic carbocycles. The molecule has 0 aliphatic carbocycles. The maximum atomic E-state index is 8.42. The smallest absolute Gasteiger partial charge is 0.175 e. The molecule has 0 fully saturated rings. The van der Waals surface area contributed by atoms with E-state index in [1.54, 1.807) is 34.9 Å². The van der Waals surface area contributed by atoms with Crippen molar-refractivity contribution in [3.8, 4) is 0 Å². The third-order valence-corrected chi connectivity index (χ3v) is 4.57. The van der Waals surface area contributed by atoms with Gasteiger partial charge in [0, 0.05) is 11.7 Å². The normalized spacial score (nSPS) is 14.1. The molecule has 15 heavy (non-hydrogen) atoms. The highest BCUT2D eigenvalue weighted by atomic mass is 32.2. The fraction of sp³-hybridized carbons (Fsp3) is 0.571. The Morgan fingerprint density at radius 1 is 1.60 bits per heavy atom. The van der Waals surface area contributed by atoms with Crippen LogP contribution in [0.1, 0.15) is 13.3 Å². The first-order valence-electron chi connectivity index (χ1n) is 4.16. The molecule has 0 amide bonds. The van der Waals surface area contributed by atoms with Crippen LogP contribution in [0.5, 0.6) is 0 Å². The van der Waals surface area contributed by atoms with Gasteiger partial charge in [-0.25, -0.2) is 0 Å². The van der Waals surface area contributed by atoms with E-state index in [2.05, 4.69) is 15.4 Å². The predicted molar refractivity (Wildman–Crippen MR) is 65.0 cm³/mol. The van der Waals surface area contributed by atoms with Crippen LogP contribution in [0.15, 0.2) is 13.8 Å². The van der Waals surface area contributed by atoms with Gasteiger partial charge in [0.1, 0.15) is 5.84 Å². The van der Waals surface area contributed by atoms with Crippen LogP contribution in [-0.2, 0) is 0 Å². The number of hydrogen-bond donors (Lipinski definition) is 2. The topological polar surface area (TPSA) is 84.4 Å². The molecule has 3 N–H and O–H groups in total. The molecule has 8 heteroatoms. The highest BCUT2D eigenvalue weighted by molar-refractivity contribution is 8.03. The van der Waals surface area contributed by atoms with Crippen molar-refractivity contribution >= 4 is 40.7 Å². The first-order valence-corrected chi connectivity index (χ1v) is 7.08. The molecule has 0 radical (unpaired) electrons. The van der Waals surface area contributed by atoms with Crippen LogP contribution >= 0.6 is 34.9 Å². The van der Waals surface area contributed by atoms with Crippen molar-refractivity contribution in [2.24, 2.45) is 10.9 Å². The standard InChI is InChI=1S/C7H12N4OS3/c1-4(3-5(8)11-12)14-7-10-9-6(13-2)15-7/h4,12H,3H2,1-2H3,(H2,8,11). The van der Waals surface area contributed by atoms with Gasteiger partial charge in [-0.15, -0.1) is 10.2 Å². The van der Waals surface area contributed by atoms with Gasteiger partial charge in [0.05, 0.1) is 0 Å². The molecule has 1 aromatic rings. The summed E-state index contributed by atoms with van der Waals surface area (Å²) >= 11 is 4.72. The molecule has 1 atom stereocenters. The Bertz CT molecular complexity index is 341. The minimum absolute atomic E-state index is 0.226. The van der Waals surface area contributed by atoms with Crippen LogP contribution in [0.25, 0.3) is 0 Å². The number of hydrogen-bond acceptors (Lipinski definition) is 7. The summed E-state index contributed by atoms with van der Waals surface area (Å²) in [6, 6.07) is 0. The van der Waals surface area contributed by atoms with Crippen molar-refractivity contribution in [1.82, 2.24) is 10.2 Å². The SMILES string of the molecule is CSc1nnc(SC(C)CC(N)=NO)s1. The molecule has 0 aliphatic rings. The minimum atomic E-state index is 0.226. The first-order chi connectivity index (χ1) is 7.15. The Morgan fingerprint density at radius 3 is 2.80 bits per heavy atom. The molecule has 1 heterocycles. The largest absolute Gasteiger partial charge is 0.409 e. The number of amidine groups is 1. The summed E-state index contributed by atoms with van der Waals surface area (Å²) in [6.07, 6.45) is 2.50. The van der Waals surface area contributed by atoms with Gasteiger partial charge in [-0.3, -0.25) is 0 Å². The number of oxime groups is 1. The van der Waals surface area contributed by atoms with Crippen molar-refractivity contribution in [2.45, 2.75) is 27.3 Å². The molecule has 0 bridgehead atoms. The fourth-order valence-electron chi connectivity index (χ4n) is 0.876. The second kappa shape index (κ2) is 6.19. The average molecular weight is 264 g/mol. The van der Waals surface area contributed by atoms with E-state index >= 15 is 0 Å². The molecular weight excluding hydrogens is 252 g/mol. The molecule has 84 valence electrons. The quantitative estimate of drug-likeness (QED) is 0.278. The van der Waals surface area contributed by atoms with Gasteiger partial charge in [-0.05, 0) is 6.26 Å². The van der Waals surface area contributed by atoms with Gasteiger partial charge in [0.15, 0.2) is 8.68 Å². The van der Waals surface area contributed by atoms with Crippen molar-refractivity contribution < 1.29 is 5.21 Å². The summed E-state index contributed by atoms with van der Waals surface area (Å²) < 4.78 is 1.87. The zero-order valence-electron chi connectivity index (χ0n) is 8.38. The zero-order chi connectivity index (χ0) is 11.3. The van der Waals surface area contributed by atoms with Crippen LogP contribution in [0.3, 0.4) is 0 Å². The number of rotatable bonds is 5. The van der Waals surface area contributed by atoms with Gasteiger partial charge >= 0.3 is 0 Å². The van der Waals surface area contributed by atoms with E-state index in [1.807, 2.05) is 13.2 Å². The van der Waals surface area contributed by atoms with Crippen LogP contribution in [0.2, 0.25) is 0 Å². The van der Waals surface area contributed by atoms with Gasteiger partial charge < -0.3 is 10.9 Å². The molecule has 0 aliphatic heterocycles. The lowest BCUT2D eigenvalue weighted by atomic mass is 10.3. The van der Waals surface area contributed by atoms with Crippen LogP contribution in [0, 0.1) is 0 Å². The third kappa shape index (κ3) is 4.27. The minimum Gasteiger partial charge on any atom is -0.409 e. The van der Waals surface area contributed by atoms with Crippen LogP contribution in [-0.4, -0.2) is 32.7 Å². The Kier molecular flexibility index (Phi) is 5.20. The highest BCUT2D eigenvalue weighted by Crippen LogP contribution is 2.30. The van der Waals surface area contributed by atoms with Gasteiger partial charge in [0.25, 0.3) is 0 Å². The second-order valence-electron chi connectivity index (χ2n) is 2.76. The van der Waals surface area contributed by atoms with E-state index in [-0.39, 0.29) is 11.1 Å². The van der Waals surface area contributed by atoms with Crippen molar-refractivity contribution in [1.29, 1.82) is 0 Å². The number of thioether (sulfide) groups is 2. The highest BCUT2D eigenvalue weighted by Gasteiger charge is 2.11. The van der Waals surface area contributed by atoms with Crippen molar-refractivity contribution in [3.63, 3.8) is 0 Å². The summed E-state index contributed by atoms with van der Waals surface area (Å²) in [5.74, 6) is 0.240. The van der Waals surface area contributed by atoms with E-state index in [4.69, 9.17) is 10.9 Å². The molecule has 0 saturated carbocycles. The first kappa shape index (κ1) is 12.6. The van der Waals surface area contributed by atoms with Crippen LogP contribution in [0.4, 0.5) is 0 Å². The second-order valence-corrected chi connectivity index (χ2v) is 6.48. The summed E-state index contributed by atoms with van der Waals surface area (Å²) in [4.78, 5) is 0. The molecule has 1 unspecified atom stereocenters. The van der Waals surface area contributed by atoms with E-state index in [1.165, 1.54) is 0 Å². The maximum absolute atomic E-state index is 8.42. The van der Waals surface area contributed by atoms with E-state index in [9.17, 15) is 0 Å². The van der Waals surface area contributed by atoms with Gasteiger partial charge in [0.2, 0.25) is 0 Å². The lowest BCUT2D eigenvalue weighted by Gasteiger charge is -2.06. The van der Waals surface area contributed by atoms with Crippen LogP contribution < -0.4 is 5.73 Å². The molecular formula is C7H12N4OS3. The van der Waals surface area contributed by atoms with E-state index < -0.39 is 0 Å². The van der Waals surface area contributed by atoms with Gasteiger partial charge in [-0.2, -0.15) is 0 Å².